The summed E-state index contributed by atoms with van der Waals surface area (Å²) in [5.41, 5.74) is 1.31. The molecule has 2 atom stereocenters. The normalized spacial score (nSPS) is 26.9. The lowest BCUT2D eigenvalue weighted by atomic mass is 10.00. The molecule has 0 aromatic carbocycles. The van der Waals surface area contributed by atoms with Crippen molar-refractivity contribution in [3.8, 4) is 0 Å². The molecule has 8 nitrogen and oxygen atoms in total. The van der Waals surface area contributed by atoms with Gasteiger partial charge in [-0.25, -0.2) is 9.48 Å². The number of fused-ring (bicyclic) bond motifs is 1. The predicted octanol–water partition coefficient (Wildman–Crippen LogP) is 1.01. The van der Waals surface area contributed by atoms with Crippen molar-refractivity contribution >= 4 is 11.9 Å². The molecule has 0 radical (unpaired) electrons. The minimum Gasteiger partial charge on any atom is -0.335 e. The Morgan fingerprint density at radius 3 is 2.80 bits per heavy atom. The number of carbonyl (C=O) groups excluding carboxylic acids is 2. The summed E-state index contributed by atoms with van der Waals surface area (Å²) in [6.45, 7) is 3.97. The summed E-state index contributed by atoms with van der Waals surface area (Å²) >= 11 is 0. The molecule has 1 aromatic rings. The number of rotatable bonds is 3. The van der Waals surface area contributed by atoms with Crippen LogP contribution in [0.4, 0.5) is 4.79 Å². The summed E-state index contributed by atoms with van der Waals surface area (Å²) in [4.78, 5) is 28.3. The van der Waals surface area contributed by atoms with Crippen LogP contribution in [0.2, 0.25) is 0 Å². The Bertz CT molecular complexity index is 681. The molecular weight excluding hydrogens is 320 g/mol. The zero-order valence-electron chi connectivity index (χ0n) is 14.9. The molecule has 3 heterocycles. The van der Waals surface area contributed by atoms with E-state index >= 15 is 0 Å². The summed E-state index contributed by atoms with van der Waals surface area (Å²) in [5, 5.41) is 11.4. The SMILES string of the molecule is Cc1c(C(=O)N2CC[C@H]3[C@@H](C2)NC(=O)N3C)nnn1CC1CCCC1. The van der Waals surface area contributed by atoms with Crippen molar-refractivity contribution in [1.82, 2.24) is 30.1 Å². The zero-order chi connectivity index (χ0) is 17.6. The highest BCUT2D eigenvalue weighted by atomic mass is 16.2. The first-order valence-corrected chi connectivity index (χ1v) is 9.27. The maximum absolute atomic E-state index is 12.9. The number of amides is 3. The fraction of sp³-hybridized carbons (Fsp3) is 0.765. The highest BCUT2D eigenvalue weighted by Gasteiger charge is 2.42. The topological polar surface area (TPSA) is 83.4 Å². The molecule has 1 saturated carbocycles. The highest BCUT2D eigenvalue weighted by molar-refractivity contribution is 5.93. The molecule has 3 fully saturated rings. The molecule has 8 heteroatoms. The molecule has 4 rings (SSSR count). The summed E-state index contributed by atoms with van der Waals surface area (Å²) < 4.78 is 1.89. The third-order valence-corrected chi connectivity index (χ3v) is 6.08. The van der Waals surface area contributed by atoms with E-state index in [1.54, 1.807) is 9.80 Å². The number of hydrogen-bond acceptors (Lipinski definition) is 4. The number of likely N-dealkylation sites (N-methyl/N-ethyl adjacent to an activating group) is 1. The van der Waals surface area contributed by atoms with E-state index < -0.39 is 0 Å². The summed E-state index contributed by atoms with van der Waals surface area (Å²) in [5.74, 6) is 0.584. The molecule has 1 aliphatic carbocycles. The standard InChI is InChI=1S/C17H26N6O2/c1-11-15(19-20-23(11)9-12-5-3-4-6-12)16(24)22-8-7-14-13(10-22)18-17(25)21(14)2/h12-14H,3-10H2,1-2H3,(H,18,25)/t13-,14+/m1/s1. The van der Waals surface area contributed by atoms with Gasteiger partial charge in [-0.1, -0.05) is 18.1 Å². The first kappa shape index (κ1) is 16.4. The Hall–Kier alpha value is -2.12. The van der Waals surface area contributed by atoms with E-state index in [0.717, 1.165) is 18.7 Å². The minimum atomic E-state index is -0.0718. The highest BCUT2D eigenvalue weighted by Crippen LogP contribution is 2.27. The molecule has 1 aromatic heterocycles. The van der Waals surface area contributed by atoms with Crippen molar-refractivity contribution in [3.05, 3.63) is 11.4 Å². The second-order valence-corrected chi connectivity index (χ2v) is 7.63. The van der Waals surface area contributed by atoms with Gasteiger partial charge in [0, 0.05) is 26.7 Å². The van der Waals surface area contributed by atoms with Crippen LogP contribution in [0.3, 0.4) is 0 Å². The molecule has 3 amide bonds. The van der Waals surface area contributed by atoms with Crippen molar-refractivity contribution < 1.29 is 9.59 Å². The van der Waals surface area contributed by atoms with Crippen LogP contribution in [0, 0.1) is 12.8 Å². The van der Waals surface area contributed by atoms with Crippen LogP contribution < -0.4 is 5.32 Å². The smallest absolute Gasteiger partial charge is 0.317 e. The Morgan fingerprint density at radius 1 is 1.28 bits per heavy atom. The molecule has 0 bridgehead atoms. The van der Waals surface area contributed by atoms with Crippen LogP contribution in [0.1, 0.15) is 48.3 Å². The Kier molecular flexibility index (Phi) is 4.13. The van der Waals surface area contributed by atoms with Crippen molar-refractivity contribution in [2.24, 2.45) is 5.92 Å². The summed E-state index contributed by atoms with van der Waals surface area (Å²) in [6.07, 6.45) is 5.86. The lowest BCUT2D eigenvalue weighted by Gasteiger charge is -2.35. The van der Waals surface area contributed by atoms with Crippen molar-refractivity contribution in [2.75, 3.05) is 20.1 Å². The number of urea groups is 1. The van der Waals surface area contributed by atoms with E-state index in [1.165, 1.54) is 25.7 Å². The molecular formula is C17H26N6O2. The van der Waals surface area contributed by atoms with Crippen molar-refractivity contribution in [3.63, 3.8) is 0 Å². The number of likely N-dealkylation sites (tertiary alicyclic amines) is 1. The number of nitrogens with zero attached hydrogens (tertiary/aromatic N) is 5. The van der Waals surface area contributed by atoms with Gasteiger partial charge in [0.15, 0.2) is 5.69 Å². The van der Waals surface area contributed by atoms with Gasteiger partial charge < -0.3 is 15.1 Å². The van der Waals surface area contributed by atoms with Crippen LogP contribution in [-0.4, -0.2) is 69.0 Å². The third-order valence-electron chi connectivity index (χ3n) is 6.08. The van der Waals surface area contributed by atoms with E-state index in [-0.39, 0.29) is 24.0 Å². The quantitative estimate of drug-likeness (QED) is 0.885. The van der Waals surface area contributed by atoms with Gasteiger partial charge in [-0.3, -0.25) is 4.79 Å². The molecule has 1 N–H and O–H groups in total. The average molecular weight is 346 g/mol. The lowest BCUT2D eigenvalue weighted by molar-refractivity contribution is 0.0659. The maximum Gasteiger partial charge on any atom is 0.317 e. The lowest BCUT2D eigenvalue weighted by Crippen LogP contribution is -2.52. The average Bonchev–Trinajstić information content (AvgIpc) is 3.30. The number of nitrogens with one attached hydrogen (secondary N) is 1. The number of hydrogen-bond donors (Lipinski definition) is 1. The van der Waals surface area contributed by atoms with E-state index in [0.29, 0.717) is 24.7 Å². The predicted molar refractivity (Wildman–Crippen MR) is 91.1 cm³/mol. The van der Waals surface area contributed by atoms with Gasteiger partial charge in [0.05, 0.1) is 17.8 Å². The van der Waals surface area contributed by atoms with Crippen LogP contribution in [0.25, 0.3) is 0 Å². The van der Waals surface area contributed by atoms with E-state index in [2.05, 4.69) is 15.6 Å². The first-order valence-electron chi connectivity index (χ1n) is 9.27. The molecule has 3 aliphatic rings. The third kappa shape index (κ3) is 2.87. The number of piperidine rings is 1. The molecule has 0 spiro atoms. The molecule has 2 saturated heterocycles. The minimum absolute atomic E-state index is 0.00374. The summed E-state index contributed by atoms with van der Waals surface area (Å²) in [6, 6.07) is 0.128. The van der Waals surface area contributed by atoms with Gasteiger partial charge in [0.2, 0.25) is 0 Å². The van der Waals surface area contributed by atoms with Crippen LogP contribution >= 0.6 is 0 Å². The van der Waals surface area contributed by atoms with Crippen molar-refractivity contribution in [1.29, 1.82) is 0 Å². The molecule has 2 aliphatic heterocycles. The summed E-state index contributed by atoms with van der Waals surface area (Å²) in [7, 11) is 1.82. The fourth-order valence-corrected chi connectivity index (χ4v) is 4.46. The van der Waals surface area contributed by atoms with Gasteiger partial charge in [0.25, 0.3) is 5.91 Å². The van der Waals surface area contributed by atoms with Gasteiger partial charge in [-0.15, -0.1) is 5.10 Å². The van der Waals surface area contributed by atoms with Crippen LogP contribution in [0.5, 0.6) is 0 Å². The second-order valence-electron chi connectivity index (χ2n) is 7.63. The largest absolute Gasteiger partial charge is 0.335 e. The van der Waals surface area contributed by atoms with Gasteiger partial charge >= 0.3 is 6.03 Å². The fourth-order valence-electron chi connectivity index (χ4n) is 4.46. The van der Waals surface area contributed by atoms with Crippen LogP contribution in [0.15, 0.2) is 0 Å². The Morgan fingerprint density at radius 2 is 2.04 bits per heavy atom. The number of carbonyl (C=O) groups is 2. The molecule has 0 unspecified atom stereocenters. The Balaban J connectivity index is 1.44. The molecule has 25 heavy (non-hydrogen) atoms. The maximum atomic E-state index is 12.9. The van der Waals surface area contributed by atoms with E-state index in [1.807, 2.05) is 18.7 Å². The van der Waals surface area contributed by atoms with Gasteiger partial charge in [0.1, 0.15) is 0 Å². The first-order chi connectivity index (χ1) is 12.0. The van der Waals surface area contributed by atoms with Gasteiger partial charge in [-0.2, -0.15) is 0 Å². The Labute approximate surface area is 147 Å². The molecule has 136 valence electrons. The van der Waals surface area contributed by atoms with E-state index in [9.17, 15) is 9.59 Å². The van der Waals surface area contributed by atoms with E-state index in [4.69, 9.17) is 0 Å². The monoisotopic (exact) mass is 346 g/mol. The van der Waals surface area contributed by atoms with Crippen molar-refractivity contribution in [2.45, 2.75) is 57.7 Å². The van der Waals surface area contributed by atoms with Crippen LogP contribution in [-0.2, 0) is 6.54 Å². The number of aromatic nitrogens is 3. The zero-order valence-corrected chi connectivity index (χ0v) is 14.9. The second kappa shape index (κ2) is 6.31. The van der Waals surface area contributed by atoms with Gasteiger partial charge in [-0.05, 0) is 32.1 Å².